The average Bonchev–Trinajstić information content (AvgIpc) is 2.59. The van der Waals surface area contributed by atoms with Gasteiger partial charge in [0.05, 0.1) is 12.2 Å². The number of hydrogen-bond acceptors (Lipinski definition) is 3. The first-order chi connectivity index (χ1) is 11.6. The summed E-state index contributed by atoms with van der Waals surface area (Å²) in [5.41, 5.74) is 3.26. The third kappa shape index (κ3) is 4.04. The Morgan fingerprint density at radius 2 is 1.71 bits per heavy atom. The zero-order valence-electron chi connectivity index (χ0n) is 14.5. The molecule has 0 aliphatic carbocycles. The van der Waals surface area contributed by atoms with Crippen molar-refractivity contribution in [2.24, 2.45) is 5.41 Å². The van der Waals surface area contributed by atoms with Gasteiger partial charge in [-0.2, -0.15) is 0 Å². The van der Waals surface area contributed by atoms with Crippen LogP contribution in [0.1, 0.15) is 35.3 Å². The van der Waals surface area contributed by atoms with Crippen LogP contribution >= 0.6 is 0 Å². The van der Waals surface area contributed by atoms with Crippen molar-refractivity contribution in [3.05, 3.63) is 71.3 Å². The Hall–Kier alpha value is -2.13. The second kappa shape index (κ2) is 7.18. The van der Waals surface area contributed by atoms with Crippen molar-refractivity contribution in [2.75, 3.05) is 19.7 Å². The molecule has 0 bridgehead atoms. The molecule has 1 heterocycles. The standard InChI is InChI=1S/C21H25NO2/c1-3-17-9-11-19(12-10-17)20(23)24-16-21(2)14-22(15-21)13-18-7-5-4-6-8-18/h4-12H,3,13-16H2,1-2H3. The Balaban J connectivity index is 1.46. The smallest absolute Gasteiger partial charge is 0.338 e. The molecular formula is C21H25NO2. The van der Waals surface area contributed by atoms with Gasteiger partial charge in [0.2, 0.25) is 0 Å². The lowest BCUT2D eigenvalue weighted by Crippen LogP contribution is -2.56. The molecule has 0 radical (unpaired) electrons. The van der Waals surface area contributed by atoms with Crippen LogP contribution in [0.2, 0.25) is 0 Å². The molecule has 0 aromatic heterocycles. The van der Waals surface area contributed by atoms with Gasteiger partial charge in [0.1, 0.15) is 0 Å². The van der Waals surface area contributed by atoms with Gasteiger partial charge in [0.25, 0.3) is 0 Å². The lowest BCUT2D eigenvalue weighted by atomic mass is 9.82. The van der Waals surface area contributed by atoms with E-state index in [1.165, 1.54) is 11.1 Å². The summed E-state index contributed by atoms with van der Waals surface area (Å²) in [4.78, 5) is 14.6. The minimum Gasteiger partial charge on any atom is -0.461 e. The highest BCUT2D eigenvalue weighted by Gasteiger charge is 2.39. The molecule has 1 aliphatic rings. The first kappa shape index (κ1) is 16.7. The summed E-state index contributed by atoms with van der Waals surface area (Å²) in [5.74, 6) is -0.222. The van der Waals surface area contributed by atoms with Crippen molar-refractivity contribution >= 4 is 5.97 Å². The molecule has 0 N–H and O–H groups in total. The molecule has 0 amide bonds. The van der Waals surface area contributed by atoms with Gasteiger partial charge in [-0.3, -0.25) is 4.90 Å². The average molecular weight is 323 g/mol. The third-order valence-electron chi connectivity index (χ3n) is 4.61. The number of ether oxygens (including phenoxy) is 1. The molecular weight excluding hydrogens is 298 g/mol. The molecule has 2 aromatic rings. The van der Waals surface area contributed by atoms with E-state index in [1.54, 1.807) is 0 Å². The van der Waals surface area contributed by atoms with Crippen molar-refractivity contribution in [3.63, 3.8) is 0 Å². The SMILES string of the molecule is CCc1ccc(C(=O)OCC2(C)CN(Cc3ccccc3)C2)cc1. The molecule has 1 aliphatic heterocycles. The largest absolute Gasteiger partial charge is 0.461 e. The van der Waals surface area contributed by atoms with Gasteiger partial charge in [0.15, 0.2) is 0 Å². The van der Waals surface area contributed by atoms with Crippen LogP contribution < -0.4 is 0 Å². The quantitative estimate of drug-likeness (QED) is 0.755. The maximum atomic E-state index is 12.2. The minimum atomic E-state index is -0.222. The number of likely N-dealkylation sites (tertiary alicyclic amines) is 1. The molecule has 0 saturated carbocycles. The molecule has 0 unspecified atom stereocenters. The Morgan fingerprint density at radius 3 is 2.33 bits per heavy atom. The van der Waals surface area contributed by atoms with E-state index < -0.39 is 0 Å². The summed E-state index contributed by atoms with van der Waals surface area (Å²) in [6, 6.07) is 18.2. The predicted octanol–water partition coefficient (Wildman–Crippen LogP) is 3.93. The van der Waals surface area contributed by atoms with Gasteiger partial charge < -0.3 is 4.74 Å². The van der Waals surface area contributed by atoms with Gasteiger partial charge in [-0.05, 0) is 29.7 Å². The second-order valence-corrected chi connectivity index (χ2v) is 7.07. The van der Waals surface area contributed by atoms with Crippen molar-refractivity contribution < 1.29 is 9.53 Å². The van der Waals surface area contributed by atoms with E-state index in [-0.39, 0.29) is 11.4 Å². The molecule has 0 spiro atoms. The summed E-state index contributed by atoms with van der Waals surface area (Å²) in [6.45, 7) is 7.65. The summed E-state index contributed by atoms with van der Waals surface area (Å²) >= 11 is 0. The number of carbonyl (C=O) groups is 1. The fourth-order valence-corrected chi connectivity index (χ4v) is 3.28. The maximum absolute atomic E-state index is 12.2. The fraction of sp³-hybridized carbons (Fsp3) is 0.381. The van der Waals surface area contributed by atoms with Gasteiger partial charge in [-0.25, -0.2) is 4.79 Å². The van der Waals surface area contributed by atoms with Crippen molar-refractivity contribution in [3.8, 4) is 0 Å². The van der Waals surface area contributed by atoms with Crippen molar-refractivity contribution in [1.29, 1.82) is 0 Å². The summed E-state index contributed by atoms with van der Waals surface area (Å²) in [5, 5.41) is 0. The number of benzene rings is 2. The van der Waals surface area contributed by atoms with Crippen LogP contribution in [0, 0.1) is 5.41 Å². The van der Waals surface area contributed by atoms with Gasteiger partial charge in [-0.15, -0.1) is 0 Å². The highest BCUT2D eigenvalue weighted by Crippen LogP contribution is 2.31. The number of esters is 1. The second-order valence-electron chi connectivity index (χ2n) is 7.07. The molecule has 1 fully saturated rings. The zero-order chi connectivity index (χ0) is 17.0. The van der Waals surface area contributed by atoms with Gasteiger partial charge in [0, 0.05) is 25.0 Å². The molecule has 0 atom stereocenters. The molecule has 3 nitrogen and oxygen atoms in total. The van der Waals surface area contributed by atoms with E-state index in [2.05, 4.69) is 43.0 Å². The molecule has 3 heteroatoms. The maximum Gasteiger partial charge on any atom is 0.338 e. The minimum absolute atomic E-state index is 0.0633. The first-order valence-corrected chi connectivity index (χ1v) is 8.60. The Bertz CT molecular complexity index is 673. The number of hydrogen-bond donors (Lipinski definition) is 0. The number of carbonyl (C=O) groups excluding carboxylic acids is 1. The van der Waals surface area contributed by atoms with Gasteiger partial charge in [-0.1, -0.05) is 56.3 Å². The van der Waals surface area contributed by atoms with E-state index in [9.17, 15) is 4.79 Å². The molecule has 2 aromatic carbocycles. The van der Waals surface area contributed by atoms with E-state index in [4.69, 9.17) is 4.74 Å². The normalized spacial score (nSPS) is 16.4. The summed E-state index contributed by atoms with van der Waals surface area (Å²) < 4.78 is 5.54. The fourth-order valence-electron chi connectivity index (χ4n) is 3.28. The Kier molecular flexibility index (Phi) is 5.00. The lowest BCUT2D eigenvalue weighted by molar-refractivity contribution is -0.0441. The van der Waals surface area contributed by atoms with Crippen LogP contribution in [0.5, 0.6) is 0 Å². The number of nitrogens with zero attached hydrogens (tertiary/aromatic N) is 1. The van der Waals surface area contributed by atoms with Crippen molar-refractivity contribution in [1.82, 2.24) is 4.90 Å². The Labute approximate surface area is 144 Å². The van der Waals surface area contributed by atoms with Crippen LogP contribution in [0.15, 0.2) is 54.6 Å². The zero-order valence-corrected chi connectivity index (χ0v) is 14.5. The highest BCUT2D eigenvalue weighted by atomic mass is 16.5. The number of rotatable bonds is 6. The molecule has 24 heavy (non-hydrogen) atoms. The third-order valence-corrected chi connectivity index (χ3v) is 4.61. The summed E-state index contributed by atoms with van der Waals surface area (Å²) in [6.07, 6.45) is 0.977. The van der Waals surface area contributed by atoms with E-state index in [0.29, 0.717) is 12.2 Å². The van der Waals surface area contributed by atoms with E-state index in [0.717, 1.165) is 26.1 Å². The van der Waals surface area contributed by atoms with E-state index >= 15 is 0 Å². The Morgan fingerprint density at radius 1 is 1.04 bits per heavy atom. The van der Waals surface area contributed by atoms with Gasteiger partial charge >= 0.3 is 5.97 Å². The predicted molar refractivity (Wildman–Crippen MR) is 95.9 cm³/mol. The number of aryl methyl sites for hydroxylation is 1. The first-order valence-electron chi connectivity index (χ1n) is 8.60. The van der Waals surface area contributed by atoms with Crippen LogP contribution in [0.3, 0.4) is 0 Å². The topological polar surface area (TPSA) is 29.5 Å². The van der Waals surface area contributed by atoms with E-state index in [1.807, 2.05) is 30.3 Å². The summed E-state index contributed by atoms with van der Waals surface area (Å²) in [7, 11) is 0. The van der Waals surface area contributed by atoms with Crippen molar-refractivity contribution in [2.45, 2.75) is 26.8 Å². The monoisotopic (exact) mass is 323 g/mol. The highest BCUT2D eigenvalue weighted by molar-refractivity contribution is 5.89. The van der Waals surface area contributed by atoms with Crippen LogP contribution in [-0.2, 0) is 17.7 Å². The lowest BCUT2D eigenvalue weighted by Gasteiger charge is -2.47. The molecule has 1 saturated heterocycles. The molecule has 126 valence electrons. The van der Waals surface area contributed by atoms with Crippen LogP contribution in [0.25, 0.3) is 0 Å². The molecule has 3 rings (SSSR count). The van der Waals surface area contributed by atoms with Crippen LogP contribution in [0.4, 0.5) is 0 Å². The van der Waals surface area contributed by atoms with Crippen LogP contribution in [-0.4, -0.2) is 30.6 Å².